The predicted octanol–water partition coefficient (Wildman–Crippen LogP) is 1.27. The average Bonchev–Trinajstić information content (AvgIpc) is 2.71. The van der Waals surface area contributed by atoms with Gasteiger partial charge in [-0.25, -0.2) is 0 Å². The van der Waals surface area contributed by atoms with Crippen LogP contribution < -0.4 is 0 Å². The number of rotatable bonds is 0. The van der Waals surface area contributed by atoms with Crippen molar-refractivity contribution in [1.82, 2.24) is 0 Å². The maximum Gasteiger partial charge on any atom is 0 e. The molecule has 12 heavy (non-hydrogen) atoms. The molecule has 5 radical (unpaired) electrons. The molecule has 0 saturated heterocycles. The summed E-state index contributed by atoms with van der Waals surface area (Å²) in [7, 11) is 0. The van der Waals surface area contributed by atoms with Gasteiger partial charge in [-0.1, -0.05) is 0 Å². The Morgan fingerprint density at radius 2 is 0.833 bits per heavy atom. The molecule has 0 aliphatic heterocycles. The van der Waals surface area contributed by atoms with E-state index in [9.17, 15) is 0 Å². The minimum atomic E-state index is 0. The van der Waals surface area contributed by atoms with E-state index in [1.165, 1.54) is 0 Å². The van der Waals surface area contributed by atoms with Gasteiger partial charge in [-0.15, -0.1) is 0 Å². The number of hydrogen-bond acceptors (Lipinski definition) is 1. The second-order valence-electron chi connectivity index (χ2n) is 0.962. The van der Waals surface area contributed by atoms with Crippen molar-refractivity contribution in [3.8, 4) is 0 Å². The molecule has 63 valence electrons. The Labute approximate surface area is 86.6 Å². The van der Waals surface area contributed by atoms with Gasteiger partial charge in [-0.3, -0.25) is 0 Å². The third-order valence-electron chi connectivity index (χ3n) is 0.556. The van der Waals surface area contributed by atoms with Gasteiger partial charge in [0, 0.05) is 21.1 Å². The molecule has 1 aliphatic carbocycles. The van der Waals surface area contributed by atoms with Crippen LogP contribution in [0.3, 0.4) is 0 Å². The molecular formula is C7H5MoNO3-. The van der Waals surface area contributed by atoms with Gasteiger partial charge in [0.25, 0.3) is 0 Å². The van der Waals surface area contributed by atoms with Gasteiger partial charge in [0.1, 0.15) is 0 Å². The third kappa shape index (κ3) is 33.0. The summed E-state index contributed by atoms with van der Waals surface area (Å²) in [5, 5.41) is 0. The molecule has 0 N–H and O–H groups in total. The topological polar surface area (TPSA) is 79.2 Å². The first kappa shape index (κ1) is 22.6. The maximum atomic E-state index is 7.50. The van der Waals surface area contributed by atoms with Crippen LogP contribution in [0.1, 0.15) is 0 Å². The summed E-state index contributed by atoms with van der Waals surface area (Å²) in [6.45, 7) is 9.00. The Hall–Kier alpha value is -0.232. The average molecular weight is 247 g/mol. The fourth-order valence-electron chi connectivity index (χ4n) is 0.321. The van der Waals surface area contributed by atoms with E-state index in [1.54, 1.807) is 0 Å². The summed E-state index contributed by atoms with van der Waals surface area (Å²) < 4.78 is 15.0. The summed E-state index contributed by atoms with van der Waals surface area (Å²) in [5.41, 5.74) is 5.75. The summed E-state index contributed by atoms with van der Waals surface area (Å²) in [6.07, 6.45) is 10.0. The molecule has 1 saturated carbocycles. The van der Waals surface area contributed by atoms with Crippen LogP contribution in [0.2, 0.25) is 0 Å². The van der Waals surface area contributed by atoms with Crippen molar-refractivity contribution in [3.63, 3.8) is 0 Å². The van der Waals surface area contributed by atoms with Crippen molar-refractivity contribution in [2.75, 3.05) is 0 Å². The van der Waals surface area contributed by atoms with Crippen LogP contribution in [0.15, 0.2) is 0 Å². The molecule has 0 amide bonds. The predicted molar refractivity (Wildman–Crippen MR) is 36.1 cm³/mol. The van der Waals surface area contributed by atoms with E-state index >= 15 is 0 Å². The van der Waals surface area contributed by atoms with Gasteiger partial charge in [0.05, 0.1) is 0 Å². The molecule has 1 aliphatic rings. The standard InChI is InChI=1S/C5H5.2CO.Mo.NO/c1-2-4-5-3-1;2*1-2;;1-2/h1-5H;;;;/q;;;;-1. The first-order chi connectivity index (χ1) is 5.50. The molecule has 0 atom stereocenters. The van der Waals surface area contributed by atoms with E-state index in [-0.39, 0.29) is 21.1 Å². The monoisotopic (exact) mass is 249 g/mol. The van der Waals surface area contributed by atoms with E-state index < -0.39 is 0 Å². The van der Waals surface area contributed by atoms with Crippen molar-refractivity contribution in [1.29, 1.82) is 0 Å². The fourth-order valence-corrected chi connectivity index (χ4v) is 0.321. The molecule has 0 aromatic carbocycles. The molecule has 0 heterocycles. The van der Waals surface area contributed by atoms with Crippen LogP contribution in [-0.4, -0.2) is 0 Å². The maximum absolute atomic E-state index is 7.50. The Morgan fingerprint density at radius 3 is 0.917 bits per heavy atom. The van der Waals surface area contributed by atoms with Crippen molar-refractivity contribution in [2.24, 2.45) is 0 Å². The molecule has 4 nitrogen and oxygen atoms in total. The number of nitrogens with zero attached hydrogens (tertiary/aromatic N) is 1. The summed E-state index contributed by atoms with van der Waals surface area (Å²) in [4.78, 5) is 7.25. The molecule has 1 fully saturated rings. The molecule has 0 aromatic heterocycles. The summed E-state index contributed by atoms with van der Waals surface area (Å²) in [5.74, 6) is 0. The quantitative estimate of drug-likeness (QED) is 0.360. The van der Waals surface area contributed by atoms with Crippen molar-refractivity contribution in [2.45, 2.75) is 0 Å². The smallest absolute Gasteiger partial charge is 0 e. The Balaban J connectivity index is -0.0000000406. The molecule has 0 aromatic rings. The van der Waals surface area contributed by atoms with Crippen LogP contribution in [0, 0.1) is 50.3 Å². The third-order valence-corrected chi connectivity index (χ3v) is 0.556. The Bertz CT molecular complexity index is 77.5. The minimum absolute atomic E-state index is 0. The van der Waals surface area contributed by atoms with E-state index in [2.05, 4.69) is 13.3 Å². The molecular weight excluding hydrogens is 242 g/mol. The second kappa shape index (κ2) is 45.2. The summed E-state index contributed by atoms with van der Waals surface area (Å²) >= 11 is 0. The second-order valence-corrected chi connectivity index (χ2v) is 0.962. The van der Waals surface area contributed by atoms with Gasteiger partial charge in [-0.2, -0.15) is 0 Å². The molecule has 0 unspecified atom stereocenters. The van der Waals surface area contributed by atoms with Crippen molar-refractivity contribution in [3.05, 3.63) is 55.9 Å². The zero-order valence-electron chi connectivity index (χ0n) is 5.97. The van der Waals surface area contributed by atoms with E-state index in [0.717, 1.165) is 0 Å². The first-order valence-electron chi connectivity index (χ1n) is 2.26. The van der Waals surface area contributed by atoms with Crippen molar-refractivity contribution >= 4 is 0 Å². The van der Waals surface area contributed by atoms with Gasteiger partial charge in [0.15, 0.2) is 0 Å². The first-order valence-corrected chi connectivity index (χ1v) is 2.26. The number of nitroso groups, excluding NO2 is 1. The van der Waals surface area contributed by atoms with Crippen LogP contribution >= 0.6 is 0 Å². The molecule has 0 spiro atoms. The van der Waals surface area contributed by atoms with Crippen LogP contribution in [0.5, 0.6) is 0 Å². The zero-order valence-corrected chi connectivity index (χ0v) is 7.97. The van der Waals surface area contributed by atoms with E-state index in [1.807, 2.05) is 32.1 Å². The van der Waals surface area contributed by atoms with Crippen LogP contribution in [0.25, 0.3) is 5.59 Å². The van der Waals surface area contributed by atoms with Gasteiger partial charge in [0.2, 0.25) is 0 Å². The Kier molecular flexibility index (Phi) is 85.2. The minimum Gasteiger partial charge on any atom is -0.577 e. The number of hydrogen-bond donors (Lipinski definition) is 0. The summed E-state index contributed by atoms with van der Waals surface area (Å²) in [6, 6.07) is 0. The Morgan fingerprint density at radius 1 is 0.750 bits per heavy atom. The zero-order chi connectivity index (χ0) is 9.54. The van der Waals surface area contributed by atoms with Gasteiger partial charge >= 0.3 is 22.6 Å². The SMILES string of the molecule is [C-]#[O+].[C-]#[O+].[CH]1[CH][CH][CH][CH]1.[Mo].[N-]=O. The van der Waals surface area contributed by atoms with Crippen molar-refractivity contribution < 1.29 is 30.4 Å². The van der Waals surface area contributed by atoms with E-state index in [4.69, 9.17) is 19.8 Å². The van der Waals surface area contributed by atoms with Crippen LogP contribution in [-0.2, 0) is 30.4 Å². The fraction of sp³-hybridized carbons (Fsp3) is 0. The van der Waals surface area contributed by atoms with E-state index in [0.29, 0.717) is 0 Å². The normalized spacial score (nSPS) is 10.7. The van der Waals surface area contributed by atoms with Gasteiger partial charge in [-0.05, 0) is 32.1 Å². The molecule has 0 bridgehead atoms. The molecule has 5 heteroatoms. The largest absolute Gasteiger partial charge is 0.577 e. The molecule has 1 rings (SSSR count). The van der Waals surface area contributed by atoms with Crippen LogP contribution in [0.4, 0.5) is 0 Å². The van der Waals surface area contributed by atoms with Gasteiger partial charge < -0.3 is 10.5 Å².